The van der Waals surface area contributed by atoms with Crippen LogP contribution in [0.2, 0.25) is 0 Å². The zero-order chi connectivity index (χ0) is 21.5. The first kappa shape index (κ1) is 21.4. The highest BCUT2D eigenvalue weighted by atomic mass is 16.2. The summed E-state index contributed by atoms with van der Waals surface area (Å²) in [6.07, 6.45) is 5.24. The molecule has 1 N–H and O–H groups in total. The number of piperidine rings is 1. The molecule has 1 atom stereocenters. The van der Waals surface area contributed by atoms with Gasteiger partial charge in [0.25, 0.3) is 0 Å². The maximum Gasteiger partial charge on any atom is 0.224 e. The number of carbonyl (C=O) groups is 2. The second-order valence-electron chi connectivity index (χ2n) is 8.67. The van der Waals surface area contributed by atoms with Crippen molar-refractivity contribution in [3.05, 3.63) is 65.7 Å². The van der Waals surface area contributed by atoms with E-state index in [4.69, 9.17) is 0 Å². The second-order valence-corrected chi connectivity index (χ2v) is 8.67. The number of benzene rings is 2. The molecule has 2 heterocycles. The summed E-state index contributed by atoms with van der Waals surface area (Å²) in [7, 11) is 0. The summed E-state index contributed by atoms with van der Waals surface area (Å²) in [4.78, 5) is 29.3. The zero-order valence-corrected chi connectivity index (χ0v) is 18.3. The number of para-hydroxylation sites is 1. The van der Waals surface area contributed by atoms with E-state index in [1.54, 1.807) is 0 Å². The van der Waals surface area contributed by atoms with Crippen molar-refractivity contribution in [2.75, 3.05) is 37.6 Å². The van der Waals surface area contributed by atoms with Gasteiger partial charge >= 0.3 is 0 Å². The van der Waals surface area contributed by atoms with Crippen molar-refractivity contribution in [3.63, 3.8) is 0 Å². The molecular weight excluding hydrogens is 386 g/mol. The second kappa shape index (κ2) is 10.5. The van der Waals surface area contributed by atoms with Crippen LogP contribution in [0.3, 0.4) is 0 Å². The Bertz CT molecular complexity index is 883. The molecule has 2 aliphatic rings. The molecule has 0 bridgehead atoms. The van der Waals surface area contributed by atoms with Crippen LogP contribution in [0.25, 0.3) is 0 Å². The van der Waals surface area contributed by atoms with Crippen molar-refractivity contribution in [1.29, 1.82) is 0 Å². The van der Waals surface area contributed by atoms with Crippen LogP contribution < -0.4 is 10.2 Å². The number of fused-ring (bicyclic) bond motifs is 1. The summed E-state index contributed by atoms with van der Waals surface area (Å²) in [6, 6.07) is 18.8. The predicted octanol–water partition coefficient (Wildman–Crippen LogP) is 3.43. The molecule has 1 saturated heterocycles. The van der Waals surface area contributed by atoms with E-state index in [2.05, 4.69) is 46.6 Å². The first-order valence-electron chi connectivity index (χ1n) is 11.6. The standard InChI is InChI=1S/C26H33N3O2/c30-25-14-13-23(20-29(25)19-15-21-8-2-1-3-9-21)26(31)27-16-7-18-28-17-6-11-22-10-4-5-12-24(22)28/h1-5,8-10,12,23H,6-7,11,13-20H2,(H,27,31)/t23-/m1/s1. The number of hydrogen-bond donors (Lipinski definition) is 1. The highest BCUT2D eigenvalue weighted by molar-refractivity contribution is 5.83. The highest BCUT2D eigenvalue weighted by Crippen LogP contribution is 2.26. The molecule has 0 radical (unpaired) electrons. The van der Waals surface area contributed by atoms with Crippen molar-refractivity contribution in [3.8, 4) is 0 Å². The molecule has 164 valence electrons. The van der Waals surface area contributed by atoms with Crippen molar-refractivity contribution in [2.45, 2.75) is 38.5 Å². The molecule has 2 aromatic rings. The fourth-order valence-electron chi connectivity index (χ4n) is 4.72. The number of likely N-dealkylation sites (tertiary alicyclic amines) is 1. The smallest absolute Gasteiger partial charge is 0.224 e. The van der Waals surface area contributed by atoms with Crippen molar-refractivity contribution < 1.29 is 9.59 Å². The van der Waals surface area contributed by atoms with Gasteiger partial charge in [0.1, 0.15) is 0 Å². The first-order valence-corrected chi connectivity index (χ1v) is 11.6. The third-order valence-corrected chi connectivity index (χ3v) is 6.49. The van der Waals surface area contributed by atoms with Gasteiger partial charge in [0, 0.05) is 44.8 Å². The molecule has 0 aliphatic carbocycles. The van der Waals surface area contributed by atoms with Crippen LogP contribution >= 0.6 is 0 Å². The van der Waals surface area contributed by atoms with E-state index in [9.17, 15) is 9.59 Å². The predicted molar refractivity (Wildman–Crippen MR) is 124 cm³/mol. The number of nitrogens with zero attached hydrogens (tertiary/aromatic N) is 2. The fraction of sp³-hybridized carbons (Fsp3) is 0.462. The number of rotatable bonds is 8. The van der Waals surface area contributed by atoms with Gasteiger partial charge in [-0.2, -0.15) is 0 Å². The van der Waals surface area contributed by atoms with E-state index in [1.165, 1.54) is 23.2 Å². The molecule has 0 aromatic heterocycles. The van der Waals surface area contributed by atoms with Crippen LogP contribution in [-0.4, -0.2) is 49.4 Å². The number of aryl methyl sites for hydroxylation is 1. The summed E-state index contributed by atoms with van der Waals surface area (Å²) in [5, 5.41) is 3.12. The van der Waals surface area contributed by atoms with Gasteiger partial charge in [-0.1, -0.05) is 48.5 Å². The lowest BCUT2D eigenvalue weighted by Crippen LogP contribution is -2.46. The largest absolute Gasteiger partial charge is 0.371 e. The summed E-state index contributed by atoms with van der Waals surface area (Å²) in [5.41, 5.74) is 4.00. The highest BCUT2D eigenvalue weighted by Gasteiger charge is 2.29. The van der Waals surface area contributed by atoms with Gasteiger partial charge in [-0.3, -0.25) is 9.59 Å². The topological polar surface area (TPSA) is 52.7 Å². The fourth-order valence-corrected chi connectivity index (χ4v) is 4.72. The van der Waals surface area contributed by atoms with Crippen LogP contribution in [0.15, 0.2) is 54.6 Å². The van der Waals surface area contributed by atoms with E-state index in [0.29, 0.717) is 32.5 Å². The minimum absolute atomic E-state index is 0.0933. The lowest BCUT2D eigenvalue weighted by Gasteiger charge is -2.32. The molecule has 0 unspecified atom stereocenters. The van der Waals surface area contributed by atoms with E-state index < -0.39 is 0 Å². The number of amides is 2. The summed E-state index contributed by atoms with van der Waals surface area (Å²) in [5.74, 6) is 0.171. The number of hydrogen-bond acceptors (Lipinski definition) is 3. The number of nitrogens with one attached hydrogen (secondary N) is 1. The van der Waals surface area contributed by atoms with E-state index in [1.807, 2.05) is 23.1 Å². The van der Waals surface area contributed by atoms with E-state index in [0.717, 1.165) is 32.4 Å². The van der Waals surface area contributed by atoms with Crippen LogP contribution in [-0.2, 0) is 22.4 Å². The summed E-state index contributed by atoms with van der Waals surface area (Å²) in [6.45, 7) is 3.96. The summed E-state index contributed by atoms with van der Waals surface area (Å²) < 4.78 is 0. The van der Waals surface area contributed by atoms with Crippen molar-refractivity contribution >= 4 is 17.5 Å². The van der Waals surface area contributed by atoms with Gasteiger partial charge < -0.3 is 15.1 Å². The third kappa shape index (κ3) is 5.66. The van der Waals surface area contributed by atoms with Crippen molar-refractivity contribution in [2.24, 2.45) is 5.92 Å². The number of anilines is 1. The van der Waals surface area contributed by atoms with Gasteiger partial charge in [0.15, 0.2) is 0 Å². The Balaban J connectivity index is 1.20. The maximum atomic E-state index is 12.7. The van der Waals surface area contributed by atoms with Crippen molar-refractivity contribution in [1.82, 2.24) is 10.2 Å². The Morgan fingerprint density at radius 1 is 0.968 bits per heavy atom. The molecule has 2 aromatic carbocycles. The molecule has 4 rings (SSSR count). The van der Waals surface area contributed by atoms with E-state index >= 15 is 0 Å². The van der Waals surface area contributed by atoms with Gasteiger partial charge in [-0.15, -0.1) is 0 Å². The minimum atomic E-state index is -0.0933. The third-order valence-electron chi connectivity index (χ3n) is 6.49. The number of carbonyl (C=O) groups excluding carboxylic acids is 2. The summed E-state index contributed by atoms with van der Waals surface area (Å²) >= 11 is 0. The van der Waals surface area contributed by atoms with Gasteiger partial charge in [0.05, 0.1) is 5.92 Å². The quantitative estimate of drug-likeness (QED) is 0.667. The first-order chi connectivity index (χ1) is 15.2. The molecule has 2 amide bonds. The Morgan fingerprint density at radius 2 is 1.77 bits per heavy atom. The lowest BCUT2D eigenvalue weighted by molar-refractivity contribution is -0.138. The molecular formula is C26H33N3O2. The minimum Gasteiger partial charge on any atom is -0.371 e. The average Bonchev–Trinajstić information content (AvgIpc) is 2.82. The Morgan fingerprint density at radius 3 is 2.65 bits per heavy atom. The Hall–Kier alpha value is -2.82. The Kier molecular flexibility index (Phi) is 7.23. The van der Waals surface area contributed by atoms with Gasteiger partial charge in [-0.05, 0) is 49.3 Å². The van der Waals surface area contributed by atoms with E-state index in [-0.39, 0.29) is 17.7 Å². The van der Waals surface area contributed by atoms with Crippen LogP contribution in [0.1, 0.15) is 36.8 Å². The molecule has 0 saturated carbocycles. The van der Waals surface area contributed by atoms with Crippen LogP contribution in [0, 0.1) is 5.92 Å². The van der Waals surface area contributed by atoms with Gasteiger partial charge in [0.2, 0.25) is 11.8 Å². The lowest BCUT2D eigenvalue weighted by atomic mass is 9.96. The van der Waals surface area contributed by atoms with Crippen LogP contribution in [0.5, 0.6) is 0 Å². The normalized spacial score (nSPS) is 18.6. The molecule has 1 fully saturated rings. The maximum absolute atomic E-state index is 12.7. The molecule has 0 spiro atoms. The average molecular weight is 420 g/mol. The van der Waals surface area contributed by atoms with Crippen LogP contribution in [0.4, 0.5) is 5.69 Å². The van der Waals surface area contributed by atoms with Gasteiger partial charge in [-0.25, -0.2) is 0 Å². The molecule has 2 aliphatic heterocycles. The zero-order valence-electron chi connectivity index (χ0n) is 18.3. The Labute approximate surface area is 185 Å². The molecule has 5 nitrogen and oxygen atoms in total. The molecule has 5 heteroatoms. The molecule has 31 heavy (non-hydrogen) atoms. The SMILES string of the molecule is O=C(NCCCN1CCCc2ccccc21)[C@@H]1CCC(=O)N(CCc2ccccc2)C1. The monoisotopic (exact) mass is 419 g/mol.